The molecule has 0 saturated carbocycles. The third-order valence-electron chi connectivity index (χ3n) is 5.39. The van der Waals surface area contributed by atoms with Crippen LogP contribution in [-0.4, -0.2) is 90.4 Å². The van der Waals surface area contributed by atoms with Crippen molar-refractivity contribution in [3.63, 3.8) is 0 Å². The second-order valence-electron chi connectivity index (χ2n) is 9.91. The largest absolute Gasteiger partial charge is 0.370 e. The number of hydrogen-bond acceptors (Lipinski definition) is 10. The van der Waals surface area contributed by atoms with E-state index in [0.717, 1.165) is 12.8 Å². The fourth-order valence-electron chi connectivity index (χ4n) is 3.12. The second kappa shape index (κ2) is 20.8. The lowest BCUT2D eigenvalue weighted by Gasteiger charge is -2.26. The summed E-state index contributed by atoms with van der Waals surface area (Å²) in [5.74, 6) is -1.87. The first-order valence-corrected chi connectivity index (χ1v) is 15.5. The maximum Gasteiger partial charge on any atom is 0.243 e. The van der Waals surface area contributed by atoms with Crippen molar-refractivity contribution in [2.45, 2.75) is 75.2 Å². The van der Waals surface area contributed by atoms with E-state index in [-0.39, 0.29) is 30.1 Å². The van der Waals surface area contributed by atoms with E-state index in [1.807, 2.05) is 13.8 Å². The summed E-state index contributed by atoms with van der Waals surface area (Å²) in [5, 5.41) is 7.90. The van der Waals surface area contributed by atoms with E-state index in [0.29, 0.717) is 45.3 Å². The van der Waals surface area contributed by atoms with Crippen molar-refractivity contribution in [1.29, 1.82) is 0 Å². The van der Waals surface area contributed by atoms with Crippen LogP contribution in [0, 0.1) is 0 Å². The minimum Gasteiger partial charge on any atom is -0.370 e. The molecule has 0 radical (unpaired) electrons. The van der Waals surface area contributed by atoms with Crippen LogP contribution in [0.5, 0.6) is 0 Å². The lowest BCUT2D eigenvalue weighted by molar-refractivity contribution is -0.130. The molecule has 0 aromatic rings. The summed E-state index contributed by atoms with van der Waals surface area (Å²) in [4.78, 5) is 56.6. The summed E-state index contributed by atoms with van der Waals surface area (Å²) in [6, 6.07) is -2.48. The Hall–Kier alpha value is -2.96. The van der Waals surface area contributed by atoms with Crippen LogP contribution in [0.2, 0.25) is 0 Å². The molecule has 0 spiro atoms. The Kier molecular flexibility index (Phi) is 19.3. The van der Waals surface area contributed by atoms with E-state index in [1.54, 1.807) is 0 Å². The van der Waals surface area contributed by atoms with Crippen LogP contribution in [0.25, 0.3) is 0 Å². The highest BCUT2D eigenvalue weighted by molar-refractivity contribution is 8.77. The fraction of sp³-hybridized carbons (Fsp3) is 0.739. The minimum absolute atomic E-state index is 0.0124. The summed E-state index contributed by atoms with van der Waals surface area (Å²) in [7, 11) is 2.74. The van der Waals surface area contributed by atoms with E-state index < -0.39 is 40.6 Å². The molecule has 3 atom stereocenters. The molecule has 0 heterocycles. The first kappa shape index (κ1) is 38.0. The van der Waals surface area contributed by atoms with Gasteiger partial charge >= 0.3 is 0 Å². The Bertz CT molecular complexity index is 896. The Morgan fingerprint density at radius 1 is 0.756 bits per heavy atom. The van der Waals surface area contributed by atoms with Crippen molar-refractivity contribution < 1.29 is 19.2 Å². The molecule has 41 heavy (non-hydrogen) atoms. The number of nitrogens with two attached hydrogens (primary N) is 7. The number of rotatable bonds is 22. The lowest BCUT2D eigenvalue weighted by Crippen LogP contribution is -2.53. The zero-order valence-corrected chi connectivity index (χ0v) is 25.5. The van der Waals surface area contributed by atoms with Crippen LogP contribution in [0.15, 0.2) is 9.98 Å². The molecule has 0 bridgehead atoms. The second-order valence-corrected chi connectivity index (χ2v) is 13.0. The Balaban J connectivity index is 4.80. The van der Waals surface area contributed by atoms with Crippen molar-refractivity contribution in [2.75, 3.05) is 31.9 Å². The van der Waals surface area contributed by atoms with Gasteiger partial charge < -0.3 is 56.1 Å². The van der Waals surface area contributed by atoms with Gasteiger partial charge in [0.25, 0.3) is 0 Å². The maximum atomic E-state index is 12.7. The zero-order chi connectivity index (χ0) is 31.4. The minimum atomic E-state index is -0.962. The number of unbranched alkanes of at least 4 members (excludes halogenated alkanes) is 2. The molecule has 0 aliphatic heterocycles. The Morgan fingerprint density at radius 3 is 1.90 bits per heavy atom. The molecular formula is C23H48N12O4S2. The summed E-state index contributed by atoms with van der Waals surface area (Å²) >= 11 is 0. The smallest absolute Gasteiger partial charge is 0.243 e. The Labute approximate surface area is 249 Å². The van der Waals surface area contributed by atoms with Crippen LogP contribution >= 0.6 is 21.6 Å². The van der Waals surface area contributed by atoms with Gasteiger partial charge in [0.15, 0.2) is 11.9 Å². The molecule has 0 aromatic heterocycles. The molecular weight excluding hydrogens is 572 g/mol. The van der Waals surface area contributed by atoms with Crippen LogP contribution < -0.4 is 56.1 Å². The van der Waals surface area contributed by atoms with E-state index in [9.17, 15) is 19.2 Å². The predicted molar refractivity (Wildman–Crippen MR) is 166 cm³/mol. The van der Waals surface area contributed by atoms with Crippen LogP contribution in [0.3, 0.4) is 0 Å². The molecule has 0 aliphatic carbocycles. The van der Waals surface area contributed by atoms with Gasteiger partial charge in [0.1, 0.15) is 6.04 Å². The topological polar surface area (TPSA) is 311 Å². The highest BCUT2D eigenvalue weighted by Gasteiger charge is 2.27. The molecule has 0 unspecified atom stereocenters. The Morgan fingerprint density at radius 2 is 1.32 bits per heavy atom. The number of nitrogens with one attached hydrogen (secondary N) is 3. The van der Waals surface area contributed by atoms with Crippen LogP contribution in [0.1, 0.15) is 52.4 Å². The third kappa shape index (κ3) is 20.6. The zero-order valence-electron chi connectivity index (χ0n) is 23.9. The number of hydrogen-bond donors (Lipinski definition) is 10. The number of nitrogens with zero attached hydrogens (tertiary/aromatic N) is 2. The van der Waals surface area contributed by atoms with Crippen molar-refractivity contribution >= 4 is 57.1 Å². The van der Waals surface area contributed by atoms with Gasteiger partial charge in [0, 0.05) is 30.1 Å². The van der Waals surface area contributed by atoms with Crippen molar-refractivity contribution in [3.8, 4) is 0 Å². The molecule has 0 rings (SSSR count). The monoisotopic (exact) mass is 620 g/mol. The van der Waals surface area contributed by atoms with Gasteiger partial charge in [-0.1, -0.05) is 34.4 Å². The third-order valence-corrected chi connectivity index (χ3v) is 8.68. The summed E-state index contributed by atoms with van der Waals surface area (Å²) in [6.45, 7) is 4.66. The fourth-order valence-corrected chi connectivity index (χ4v) is 5.76. The summed E-state index contributed by atoms with van der Waals surface area (Å²) in [5.41, 5.74) is 38.2. The van der Waals surface area contributed by atoms with Crippen molar-refractivity contribution in [2.24, 2.45) is 50.1 Å². The number of primary amides is 1. The van der Waals surface area contributed by atoms with Crippen molar-refractivity contribution in [3.05, 3.63) is 0 Å². The highest BCUT2D eigenvalue weighted by atomic mass is 33.1. The molecule has 0 aromatic carbocycles. The van der Waals surface area contributed by atoms with Gasteiger partial charge in [-0.3, -0.25) is 29.2 Å². The molecule has 17 N–H and O–H groups in total. The normalized spacial score (nSPS) is 13.3. The maximum absolute atomic E-state index is 12.7. The molecule has 18 heteroatoms. The van der Waals surface area contributed by atoms with E-state index in [2.05, 4.69) is 25.9 Å². The van der Waals surface area contributed by atoms with Gasteiger partial charge in [-0.05, 0) is 39.5 Å². The molecule has 0 fully saturated rings. The van der Waals surface area contributed by atoms with E-state index in [1.165, 1.54) is 21.6 Å². The van der Waals surface area contributed by atoms with Gasteiger partial charge in [-0.25, -0.2) is 0 Å². The predicted octanol–water partition coefficient (Wildman–Crippen LogP) is -3.11. The number of carbonyl (C=O) groups is 4. The summed E-state index contributed by atoms with van der Waals surface area (Å²) < 4.78 is -0.439. The molecule has 4 amide bonds. The van der Waals surface area contributed by atoms with Crippen LogP contribution in [0.4, 0.5) is 0 Å². The standard InChI is InChI=1S/C23H48N12O4S2/c1-23(2,13-34-18(37)14(24)8-6-10-32-22(29)30)41-40-12-16(20(39)33-11-17(26)36)35-19(38)15(25)7-4-3-5-9-31-21(27)28/h14-16H,3-13,24-25H2,1-2H3,(H2,26,36)(H,33,39)(H,34,37)(H,35,38)(H4,27,28,31)(H4,29,30,32)/t14-,15-,16-/m1/s1. The average molecular weight is 621 g/mol. The SMILES string of the molecule is CC(C)(CNC(=O)[C@H](N)CCCN=C(N)N)SSC[C@@H](NC(=O)[C@H](N)CCCCCN=C(N)N)C(=O)NCC(N)=O. The molecule has 0 aliphatic rings. The number of carbonyl (C=O) groups excluding carboxylic acids is 4. The quantitative estimate of drug-likeness (QED) is 0.0249. The van der Waals surface area contributed by atoms with Gasteiger partial charge in [0.05, 0.1) is 18.6 Å². The molecule has 16 nitrogen and oxygen atoms in total. The first-order chi connectivity index (χ1) is 19.1. The van der Waals surface area contributed by atoms with Crippen molar-refractivity contribution in [1.82, 2.24) is 16.0 Å². The summed E-state index contributed by atoms with van der Waals surface area (Å²) in [6.07, 6.45) is 3.61. The van der Waals surface area contributed by atoms with E-state index in [4.69, 9.17) is 40.1 Å². The first-order valence-electron chi connectivity index (χ1n) is 13.2. The van der Waals surface area contributed by atoms with Gasteiger partial charge in [0.2, 0.25) is 23.6 Å². The number of amides is 4. The molecule has 236 valence electrons. The lowest BCUT2D eigenvalue weighted by atomic mass is 10.1. The van der Waals surface area contributed by atoms with Crippen LogP contribution in [-0.2, 0) is 19.2 Å². The molecule has 0 saturated heterocycles. The van der Waals surface area contributed by atoms with Gasteiger partial charge in [-0.2, -0.15) is 0 Å². The average Bonchev–Trinajstić information content (AvgIpc) is 2.88. The number of aliphatic imine (C=N–C) groups is 2. The van der Waals surface area contributed by atoms with Gasteiger partial charge in [-0.15, -0.1) is 0 Å². The van der Waals surface area contributed by atoms with E-state index >= 15 is 0 Å². The number of guanidine groups is 2. The highest BCUT2D eigenvalue weighted by Crippen LogP contribution is 2.35.